The van der Waals surface area contributed by atoms with Gasteiger partial charge in [0, 0.05) is 0 Å². The molecule has 0 saturated carbocycles. The molecule has 5 atom stereocenters. The molecule has 0 bridgehead atoms. The molecule has 6 N–H and O–H groups in total. The highest BCUT2D eigenvalue weighted by molar-refractivity contribution is 5.86. The van der Waals surface area contributed by atoms with Gasteiger partial charge in [-0.3, -0.25) is 14.9 Å². The molecule has 20 heavy (non-hydrogen) atoms. The molecule has 0 rings (SSSR count). The lowest BCUT2D eigenvalue weighted by molar-refractivity contribution is -0.142. The highest BCUT2D eigenvalue weighted by Crippen LogP contribution is 2.08. The fourth-order valence-electron chi connectivity index (χ4n) is 1.59. The number of carboxylic acids is 1. The van der Waals surface area contributed by atoms with E-state index in [0.717, 1.165) is 0 Å². The average molecular weight is 293 g/mol. The van der Waals surface area contributed by atoms with Crippen LogP contribution in [0.1, 0.15) is 20.3 Å². The Hall–Kier alpha value is -1.06. The van der Waals surface area contributed by atoms with Gasteiger partial charge in [0.05, 0.1) is 13.2 Å². The molecule has 0 fully saturated rings. The fourth-order valence-corrected chi connectivity index (χ4v) is 1.59. The summed E-state index contributed by atoms with van der Waals surface area (Å²) in [4.78, 5) is 22.6. The normalized spacial score (nSPS) is 18.9. The van der Waals surface area contributed by atoms with Crippen molar-refractivity contribution in [2.45, 2.75) is 44.6 Å². The number of carbonyl (C=O) groups is 2. The van der Waals surface area contributed by atoms with Crippen molar-refractivity contribution >= 4 is 11.8 Å². The second-order valence-electron chi connectivity index (χ2n) is 4.73. The van der Waals surface area contributed by atoms with Crippen LogP contribution in [-0.2, 0) is 9.59 Å². The Morgan fingerprint density at radius 1 is 1.20 bits per heavy atom. The van der Waals surface area contributed by atoms with E-state index in [1.807, 2.05) is 0 Å². The Balaban J connectivity index is 4.49. The van der Waals surface area contributed by atoms with Crippen molar-refractivity contribution in [2.24, 2.45) is 5.92 Å². The third-order valence-corrected chi connectivity index (χ3v) is 3.21. The molecule has 8 nitrogen and oxygen atoms in total. The van der Waals surface area contributed by atoms with E-state index >= 15 is 0 Å². The number of nitrogens with one attached hydrogen (secondary N) is 1. The van der Waals surface area contributed by atoms with Gasteiger partial charge in [-0.1, -0.05) is 20.3 Å². The minimum absolute atomic E-state index is 0.217. The number of ketones is 1. The molecule has 0 aliphatic heterocycles. The number of carbonyl (C=O) groups excluding carboxylic acids is 1. The van der Waals surface area contributed by atoms with Crippen LogP contribution in [0.25, 0.3) is 0 Å². The van der Waals surface area contributed by atoms with Gasteiger partial charge < -0.3 is 25.5 Å². The Bertz CT molecular complexity index is 323. The number of Topliss-reactive ketones (excluding diaryl/α,β-unsaturated/α-hetero) is 1. The molecule has 0 saturated heterocycles. The van der Waals surface area contributed by atoms with Crippen molar-refractivity contribution in [2.75, 3.05) is 13.2 Å². The molecule has 0 aromatic heterocycles. The van der Waals surface area contributed by atoms with E-state index in [1.54, 1.807) is 13.8 Å². The SMILES string of the molecule is CC[C@H](C)[C@H](NCC(=O)[C@@H](O)[C@H](O)[C@H](O)CO)C(=O)O. The van der Waals surface area contributed by atoms with Gasteiger partial charge >= 0.3 is 5.97 Å². The summed E-state index contributed by atoms with van der Waals surface area (Å²) >= 11 is 0. The number of aliphatic hydroxyl groups excluding tert-OH is 4. The smallest absolute Gasteiger partial charge is 0.320 e. The van der Waals surface area contributed by atoms with Crippen molar-refractivity contribution in [3.05, 3.63) is 0 Å². The molecule has 0 aromatic rings. The van der Waals surface area contributed by atoms with E-state index in [9.17, 15) is 19.8 Å². The molecule has 0 heterocycles. The lowest BCUT2D eigenvalue weighted by Gasteiger charge is -2.23. The first-order valence-electron chi connectivity index (χ1n) is 6.40. The summed E-state index contributed by atoms with van der Waals surface area (Å²) in [6.07, 6.45) is -4.76. The number of carboxylic acid groups (broad SMARTS) is 1. The Morgan fingerprint density at radius 2 is 1.75 bits per heavy atom. The van der Waals surface area contributed by atoms with Crippen LogP contribution in [0, 0.1) is 5.92 Å². The van der Waals surface area contributed by atoms with E-state index in [-0.39, 0.29) is 5.92 Å². The maximum atomic E-state index is 11.6. The van der Waals surface area contributed by atoms with Crippen LogP contribution in [0.4, 0.5) is 0 Å². The number of rotatable bonds is 10. The lowest BCUT2D eigenvalue weighted by Crippen LogP contribution is -2.50. The van der Waals surface area contributed by atoms with Crippen molar-refractivity contribution < 1.29 is 35.1 Å². The molecule has 118 valence electrons. The van der Waals surface area contributed by atoms with Gasteiger partial charge in [-0.05, 0) is 5.92 Å². The van der Waals surface area contributed by atoms with Gasteiger partial charge in [0.15, 0.2) is 5.78 Å². The van der Waals surface area contributed by atoms with Crippen molar-refractivity contribution in [3.8, 4) is 0 Å². The third-order valence-electron chi connectivity index (χ3n) is 3.21. The zero-order valence-corrected chi connectivity index (χ0v) is 11.6. The van der Waals surface area contributed by atoms with Crippen molar-refractivity contribution in [3.63, 3.8) is 0 Å². The van der Waals surface area contributed by atoms with Crippen molar-refractivity contribution in [1.82, 2.24) is 5.32 Å². The molecule has 0 unspecified atom stereocenters. The molecule has 0 aliphatic rings. The number of aliphatic carboxylic acids is 1. The van der Waals surface area contributed by atoms with Crippen LogP contribution in [0.5, 0.6) is 0 Å². The second kappa shape index (κ2) is 8.98. The van der Waals surface area contributed by atoms with E-state index in [2.05, 4.69) is 5.32 Å². The molecule has 8 heteroatoms. The predicted molar refractivity (Wildman–Crippen MR) is 69.0 cm³/mol. The zero-order valence-electron chi connectivity index (χ0n) is 11.6. The first kappa shape index (κ1) is 18.9. The monoisotopic (exact) mass is 293 g/mol. The molecule has 0 radical (unpaired) electrons. The summed E-state index contributed by atoms with van der Waals surface area (Å²) < 4.78 is 0. The van der Waals surface area contributed by atoms with Gasteiger partial charge in [0.2, 0.25) is 0 Å². The fraction of sp³-hybridized carbons (Fsp3) is 0.833. The summed E-state index contributed by atoms with van der Waals surface area (Å²) in [5.74, 6) is -2.19. The molecule has 0 aliphatic carbocycles. The first-order chi connectivity index (χ1) is 9.26. The Labute approximate surface area is 117 Å². The number of hydrogen-bond donors (Lipinski definition) is 6. The van der Waals surface area contributed by atoms with Crippen LogP contribution in [0.2, 0.25) is 0 Å². The Morgan fingerprint density at radius 3 is 2.15 bits per heavy atom. The standard InChI is InChI=1S/C12H23NO7/c1-3-6(2)9(12(19)20)13-4-7(15)10(17)11(18)8(16)5-14/h6,8-11,13-14,16-18H,3-5H2,1-2H3,(H,19,20)/t6-,8+,9-,10+,11+/m0/s1. The largest absolute Gasteiger partial charge is 0.480 e. The van der Waals surface area contributed by atoms with E-state index < -0.39 is 49.3 Å². The molecule has 0 spiro atoms. The van der Waals surface area contributed by atoms with Crippen LogP contribution >= 0.6 is 0 Å². The van der Waals surface area contributed by atoms with E-state index in [0.29, 0.717) is 6.42 Å². The van der Waals surface area contributed by atoms with Crippen LogP contribution in [0.15, 0.2) is 0 Å². The second-order valence-corrected chi connectivity index (χ2v) is 4.73. The highest BCUT2D eigenvalue weighted by atomic mass is 16.4. The predicted octanol–water partition coefficient (Wildman–Crippen LogP) is -2.28. The number of aliphatic hydroxyl groups is 4. The van der Waals surface area contributed by atoms with Gasteiger partial charge in [0.25, 0.3) is 0 Å². The molecule has 0 amide bonds. The minimum atomic E-state index is -1.89. The molecular formula is C12H23NO7. The first-order valence-corrected chi connectivity index (χ1v) is 6.40. The van der Waals surface area contributed by atoms with E-state index in [1.165, 1.54) is 0 Å². The quantitative estimate of drug-likeness (QED) is 0.264. The maximum Gasteiger partial charge on any atom is 0.320 e. The maximum absolute atomic E-state index is 11.6. The van der Waals surface area contributed by atoms with Gasteiger partial charge in [-0.25, -0.2) is 0 Å². The van der Waals surface area contributed by atoms with Crippen LogP contribution in [-0.4, -0.2) is 74.8 Å². The summed E-state index contributed by atoms with van der Waals surface area (Å²) in [7, 11) is 0. The zero-order chi connectivity index (χ0) is 15.9. The minimum Gasteiger partial charge on any atom is -0.480 e. The summed E-state index contributed by atoms with van der Waals surface area (Å²) in [6.45, 7) is 2.25. The van der Waals surface area contributed by atoms with Crippen molar-refractivity contribution in [1.29, 1.82) is 0 Å². The summed E-state index contributed by atoms with van der Waals surface area (Å²) in [5.41, 5.74) is 0. The van der Waals surface area contributed by atoms with Crippen LogP contribution < -0.4 is 5.32 Å². The van der Waals surface area contributed by atoms with E-state index in [4.69, 9.17) is 15.3 Å². The van der Waals surface area contributed by atoms with Gasteiger partial charge in [-0.2, -0.15) is 0 Å². The average Bonchev–Trinajstić information content (AvgIpc) is 2.43. The Kier molecular flexibility index (Phi) is 8.51. The molecule has 0 aromatic carbocycles. The topological polar surface area (TPSA) is 147 Å². The highest BCUT2D eigenvalue weighted by Gasteiger charge is 2.31. The van der Waals surface area contributed by atoms with Gasteiger partial charge in [0.1, 0.15) is 24.4 Å². The summed E-state index contributed by atoms with van der Waals surface area (Å²) in [6, 6.07) is -0.948. The number of hydrogen-bond acceptors (Lipinski definition) is 7. The van der Waals surface area contributed by atoms with Crippen LogP contribution in [0.3, 0.4) is 0 Å². The molecular weight excluding hydrogens is 270 g/mol. The lowest BCUT2D eigenvalue weighted by atomic mass is 9.98. The van der Waals surface area contributed by atoms with Gasteiger partial charge in [-0.15, -0.1) is 0 Å². The third kappa shape index (κ3) is 5.51. The summed E-state index contributed by atoms with van der Waals surface area (Å²) in [5, 5.41) is 48.1.